The number of anilines is 2. The lowest BCUT2D eigenvalue weighted by Gasteiger charge is -2.12. The SMILES string of the molecule is Cc1csc(CNc2nc(N(C)C)nc3[nH]c(C)cc23)n1. The van der Waals surface area contributed by atoms with Crippen LogP contribution in [0.15, 0.2) is 11.4 Å². The minimum Gasteiger partial charge on any atom is -0.363 e. The number of aryl methyl sites for hydroxylation is 2. The summed E-state index contributed by atoms with van der Waals surface area (Å²) in [6.07, 6.45) is 0. The molecule has 0 saturated carbocycles. The van der Waals surface area contributed by atoms with Gasteiger partial charge in [0, 0.05) is 30.9 Å². The van der Waals surface area contributed by atoms with Gasteiger partial charge < -0.3 is 15.2 Å². The number of H-pyrrole nitrogens is 1. The summed E-state index contributed by atoms with van der Waals surface area (Å²) in [5.41, 5.74) is 2.98. The predicted octanol–water partition coefficient (Wildman–Crippen LogP) is 2.71. The number of nitrogens with zero attached hydrogens (tertiary/aromatic N) is 4. The van der Waals surface area contributed by atoms with Gasteiger partial charge in [0.1, 0.15) is 16.5 Å². The van der Waals surface area contributed by atoms with Gasteiger partial charge in [-0.1, -0.05) is 0 Å². The normalized spacial score (nSPS) is 11.0. The molecule has 0 saturated heterocycles. The maximum Gasteiger partial charge on any atom is 0.228 e. The van der Waals surface area contributed by atoms with Gasteiger partial charge in [0.25, 0.3) is 0 Å². The number of fused-ring (bicyclic) bond motifs is 1. The minimum absolute atomic E-state index is 0.668. The van der Waals surface area contributed by atoms with Crippen LogP contribution in [0.2, 0.25) is 0 Å². The highest BCUT2D eigenvalue weighted by atomic mass is 32.1. The second kappa shape index (κ2) is 5.33. The van der Waals surface area contributed by atoms with Crippen molar-refractivity contribution in [2.24, 2.45) is 0 Å². The van der Waals surface area contributed by atoms with Gasteiger partial charge in [0.05, 0.1) is 11.9 Å². The van der Waals surface area contributed by atoms with E-state index in [2.05, 4.69) is 36.7 Å². The molecule has 0 aliphatic rings. The molecule has 0 aliphatic heterocycles. The number of aromatic amines is 1. The van der Waals surface area contributed by atoms with E-state index in [1.165, 1.54) is 0 Å². The Morgan fingerprint density at radius 3 is 2.71 bits per heavy atom. The standard InChI is InChI=1S/C14H18N6S/c1-8-5-10-12(15-6-11-16-9(2)7-21-11)18-14(20(3)4)19-13(10)17-8/h5,7H,6H2,1-4H3,(H2,15,17,18,19). The summed E-state index contributed by atoms with van der Waals surface area (Å²) in [5, 5.41) is 7.49. The lowest BCUT2D eigenvalue weighted by molar-refractivity contribution is 0.996. The molecule has 0 radical (unpaired) electrons. The van der Waals surface area contributed by atoms with Crippen LogP contribution >= 0.6 is 11.3 Å². The molecule has 0 atom stereocenters. The highest BCUT2D eigenvalue weighted by Gasteiger charge is 2.11. The average molecular weight is 302 g/mol. The van der Waals surface area contributed by atoms with Gasteiger partial charge in [-0.2, -0.15) is 9.97 Å². The Kier molecular flexibility index (Phi) is 3.50. The largest absolute Gasteiger partial charge is 0.363 e. The summed E-state index contributed by atoms with van der Waals surface area (Å²) in [5.74, 6) is 1.52. The molecule has 3 aromatic rings. The van der Waals surface area contributed by atoms with Crippen LogP contribution in [0.3, 0.4) is 0 Å². The fourth-order valence-electron chi connectivity index (χ4n) is 2.11. The van der Waals surface area contributed by atoms with E-state index in [4.69, 9.17) is 0 Å². The summed E-state index contributed by atoms with van der Waals surface area (Å²) < 4.78 is 0. The summed E-state index contributed by atoms with van der Waals surface area (Å²) in [6, 6.07) is 2.06. The number of aromatic nitrogens is 4. The Bertz CT molecular complexity index is 773. The van der Waals surface area contributed by atoms with E-state index in [0.717, 1.165) is 33.2 Å². The summed E-state index contributed by atoms with van der Waals surface area (Å²) in [4.78, 5) is 18.7. The number of hydrogen-bond donors (Lipinski definition) is 2. The van der Waals surface area contributed by atoms with Gasteiger partial charge in [-0.3, -0.25) is 0 Å². The van der Waals surface area contributed by atoms with Gasteiger partial charge in [-0.05, 0) is 19.9 Å². The smallest absolute Gasteiger partial charge is 0.228 e. The molecule has 3 rings (SSSR count). The van der Waals surface area contributed by atoms with Crippen LogP contribution in [0.4, 0.5) is 11.8 Å². The summed E-state index contributed by atoms with van der Waals surface area (Å²) in [7, 11) is 3.87. The quantitative estimate of drug-likeness (QED) is 0.775. The lowest BCUT2D eigenvalue weighted by atomic mass is 10.3. The number of hydrogen-bond acceptors (Lipinski definition) is 6. The molecule has 7 heteroatoms. The fourth-order valence-corrected chi connectivity index (χ4v) is 2.82. The van der Waals surface area contributed by atoms with Crippen molar-refractivity contribution in [3.8, 4) is 0 Å². The molecule has 3 heterocycles. The Morgan fingerprint density at radius 2 is 2.05 bits per heavy atom. The second-order valence-electron chi connectivity index (χ2n) is 5.22. The molecule has 0 unspecified atom stereocenters. The second-order valence-corrected chi connectivity index (χ2v) is 6.16. The highest BCUT2D eigenvalue weighted by molar-refractivity contribution is 7.09. The fraction of sp³-hybridized carbons (Fsp3) is 0.357. The first-order chi connectivity index (χ1) is 10.0. The van der Waals surface area contributed by atoms with Crippen molar-refractivity contribution in [3.05, 3.63) is 27.8 Å². The average Bonchev–Trinajstić information content (AvgIpc) is 3.00. The Labute approximate surface area is 127 Å². The van der Waals surface area contributed by atoms with Crippen LogP contribution in [0.25, 0.3) is 11.0 Å². The molecule has 6 nitrogen and oxygen atoms in total. The molecular weight excluding hydrogens is 284 g/mol. The molecule has 2 N–H and O–H groups in total. The summed E-state index contributed by atoms with van der Waals surface area (Å²) in [6.45, 7) is 4.69. The topological polar surface area (TPSA) is 69.7 Å². The Balaban J connectivity index is 1.95. The van der Waals surface area contributed by atoms with Crippen molar-refractivity contribution in [3.63, 3.8) is 0 Å². The van der Waals surface area contributed by atoms with Crippen LogP contribution < -0.4 is 10.2 Å². The number of rotatable bonds is 4. The third-order valence-corrected chi connectivity index (χ3v) is 4.05. The highest BCUT2D eigenvalue weighted by Crippen LogP contribution is 2.24. The van der Waals surface area contributed by atoms with Crippen LogP contribution in [0.5, 0.6) is 0 Å². The molecular formula is C14H18N6S. The van der Waals surface area contributed by atoms with Crippen LogP contribution in [-0.2, 0) is 6.54 Å². The van der Waals surface area contributed by atoms with E-state index < -0.39 is 0 Å². The first kappa shape index (κ1) is 13.8. The predicted molar refractivity (Wildman–Crippen MR) is 87.1 cm³/mol. The first-order valence-corrected chi connectivity index (χ1v) is 7.60. The molecule has 0 amide bonds. The molecule has 0 spiro atoms. The molecule has 21 heavy (non-hydrogen) atoms. The third kappa shape index (κ3) is 2.82. The molecule has 0 aliphatic carbocycles. The van der Waals surface area contributed by atoms with E-state index in [9.17, 15) is 0 Å². The van der Waals surface area contributed by atoms with E-state index in [1.807, 2.05) is 32.8 Å². The molecule has 0 bridgehead atoms. The Hall–Kier alpha value is -2.15. The van der Waals surface area contributed by atoms with E-state index in [-0.39, 0.29) is 0 Å². The number of thiazole rings is 1. The minimum atomic E-state index is 0.668. The molecule has 3 aromatic heterocycles. The lowest BCUT2D eigenvalue weighted by Crippen LogP contribution is -2.14. The molecule has 0 aromatic carbocycles. The van der Waals surface area contributed by atoms with E-state index in [1.54, 1.807) is 11.3 Å². The van der Waals surface area contributed by atoms with Gasteiger partial charge in [0.15, 0.2) is 0 Å². The van der Waals surface area contributed by atoms with Crippen molar-refractivity contribution >= 4 is 34.1 Å². The van der Waals surface area contributed by atoms with Crippen molar-refractivity contribution in [2.45, 2.75) is 20.4 Å². The zero-order chi connectivity index (χ0) is 15.0. The zero-order valence-electron chi connectivity index (χ0n) is 12.6. The van der Waals surface area contributed by atoms with Gasteiger partial charge >= 0.3 is 0 Å². The van der Waals surface area contributed by atoms with Crippen molar-refractivity contribution in [2.75, 3.05) is 24.3 Å². The van der Waals surface area contributed by atoms with Crippen molar-refractivity contribution in [1.29, 1.82) is 0 Å². The molecule has 0 fully saturated rings. The van der Waals surface area contributed by atoms with Crippen molar-refractivity contribution < 1.29 is 0 Å². The van der Waals surface area contributed by atoms with E-state index in [0.29, 0.717) is 12.5 Å². The van der Waals surface area contributed by atoms with Gasteiger partial charge in [-0.25, -0.2) is 4.98 Å². The third-order valence-electron chi connectivity index (χ3n) is 3.08. The molecule has 110 valence electrons. The first-order valence-electron chi connectivity index (χ1n) is 6.72. The zero-order valence-corrected chi connectivity index (χ0v) is 13.4. The van der Waals surface area contributed by atoms with Gasteiger partial charge in [0.2, 0.25) is 5.95 Å². The van der Waals surface area contributed by atoms with Crippen LogP contribution in [0.1, 0.15) is 16.4 Å². The summed E-state index contributed by atoms with van der Waals surface area (Å²) >= 11 is 1.65. The van der Waals surface area contributed by atoms with Crippen molar-refractivity contribution in [1.82, 2.24) is 19.9 Å². The number of nitrogens with one attached hydrogen (secondary N) is 2. The van der Waals surface area contributed by atoms with Crippen LogP contribution in [0, 0.1) is 13.8 Å². The van der Waals surface area contributed by atoms with Gasteiger partial charge in [-0.15, -0.1) is 11.3 Å². The maximum absolute atomic E-state index is 4.60. The van der Waals surface area contributed by atoms with E-state index >= 15 is 0 Å². The van der Waals surface area contributed by atoms with Crippen LogP contribution in [-0.4, -0.2) is 34.0 Å². The Morgan fingerprint density at radius 1 is 1.24 bits per heavy atom. The monoisotopic (exact) mass is 302 g/mol. The maximum atomic E-state index is 4.60.